The molecule has 0 aliphatic heterocycles. The van der Waals surface area contributed by atoms with Crippen LogP contribution in [0, 0.1) is 19.8 Å². The lowest BCUT2D eigenvalue weighted by molar-refractivity contribution is -0.120. The van der Waals surface area contributed by atoms with Crippen LogP contribution in [0.3, 0.4) is 0 Å². The molecular weight excluding hydrogens is 649 g/mol. The molecular formula is C50H72O3. The Bertz CT molecular complexity index is 1560. The lowest BCUT2D eigenvalue weighted by Gasteiger charge is -2.25. The smallest absolute Gasteiger partial charge is 0.298 e. The molecule has 0 radical (unpaired) electrons. The molecule has 0 spiro atoms. The number of hydrogen-bond acceptors (Lipinski definition) is 3. The number of carbonyl (C=O) groups excluding carboxylic acids is 2. The van der Waals surface area contributed by atoms with Crippen LogP contribution >= 0.6 is 0 Å². The van der Waals surface area contributed by atoms with E-state index in [1.54, 1.807) is 0 Å². The standard InChI is InChI=1S/C20H22O2.C18H18O.C4H10.2C3H8.C2H6/c1-6-16-11-19(20(22-12-21)10-14(16)4)18-8-7-17(13(2)3)9-15(18)5;19-18(16-7-2-1-3-8-16)17-11-9-15(10-12-17)13-14-5-4-6-14;1-3-4-2;2*1-3-2;1-2/h6-13H,1H2,2-5H3;1-3,7-12,14H,4-6,13H2;3-4H2,1-2H3;2*3H2,1-2H3;1-2H3. The van der Waals surface area contributed by atoms with Crippen molar-refractivity contribution in [1.82, 2.24) is 0 Å². The fourth-order valence-electron chi connectivity index (χ4n) is 5.20. The Morgan fingerprint density at radius 3 is 1.74 bits per heavy atom. The van der Waals surface area contributed by atoms with Crippen LogP contribution in [-0.2, 0) is 11.2 Å². The zero-order valence-electron chi connectivity index (χ0n) is 35.5. The molecule has 0 heterocycles. The van der Waals surface area contributed by atoms with E-state index in [0.29, 0.717) is 18.1 Å². The third-order valence-electron chi connectivity index (χ3n) is 8.47. The maximum atomic E-state index is 12.2. The Kier molecular flexibility index (Phi) is 26.9. The number of aryl methyl sites for hydroxylation is 2. The molecule has 290 valence electrons. The molecule has 1 aliphatic rings. The predicted molar refractivity (Wildman–Crippen MR) is 233 cm³/mol. The second-order valence-electron chi connectivity index (χ2n) is 13.7. The first-order valence-corrected chi connectivity index (χ1v) is 20.2. The van der Waals surface area contributed by atoms with Crippen LogP contribution in [0.1, 0.15) is 164 Å². The Morgan fingerprint density at radius 1 is 0.755 bits per heavy atom. The molecule has 0 amide bonds. The highest BCUT2D eigenvalue weighted by atomic mass is 16.5. The van der Waals surface area contributed by atoms with Crippen molar-refractivity contribution in [3.63, 3.8) is 0 Å². The molecule has 1 fully saturated rings. The molecule has 5 rings (SSSR count). The fourth-order valence-corrected chi connectivity index (χ4v) is 5.20. The van der Waals surface area contributed by atoms with Crippen LogP contribution in [0.25, 0.3) is 17.2 Å². The number of benzene rings is 4. The summed E-state index contributed by atoms with van der Waals surface area (Å²) in [4.78, 5) is 23.1. The van der Waals surface area contributed by atoms with Crippen molar-refractivity contribution < 1.29 is 14.3 Å². The zero-order valence-corrected chi connectivity index (χ0v) is 35.5. The van der Waals surface area contributed by atoms with Crippen LogP contribution in [0.15, 0.2) is 91.5 Å². The minimum atomic E-state index is 0.107. The molecule has 0 N–H and O–H groups in total. The average molecular weight is 721 g/mol. The van der Waals surface area contributed by atoms with Crippen molar-refractivity contribution >= 4 is 18.3 Å². The summed E-state index contributed by atoms with van der Waals surface area (Å²) in [5.74, 6) is 2.05. The van der Waals surface area contributed by atoms with Gasteiger partial charge < -0.3 is 4.74 Å². The Morgan fingerprint density at radius 2 is 1.30 bits per heavy atom. The van der Waals surface area contributed by atoms with Gasteiger partial charge in [-0.25, -0.2) is 0 Å². The van der Waals surface area contributed by atoms with Gasteiger partial charge in [0, 0.05) is 16.7 Å². The predicted octanol–water partition coefficient (Wildman–Crippen LogP) is 15.2. The Balaban J connectivity index is 0.000000791. The van der Waals surface area contributed by atoms with E-state index in [2.05, 4.69) is 99.2 Å². The maximum absolute atomic E-state index is 12.2. The van der Waals surface area contributed by atoms with Gasteiger partial charge in [-0.2, -0.15) is 0 Å². The van der Waals surface area contributed by atoms with E-state index >= 15 is 0 Å². The van der Waals surface area contributed by atoms with E-state index in [9.17, 15) is 9.59 Å². The van der Waals surface area contributed by atoms with Crippen LogP contribution in [0.4, 0.5) is 0 Å². The highest BCUT2D eigenvalue weighted by Gasteiger charge is 2.18. The minimum Gasteiger partial charge on any atom is -0.428 e. The topological polar surface area (TPSA) is 43.4 Å². The molecule has 0 bridgehead atoms. The van der Waals surface area contributed by atoms with E-state index in [4.69, 9.17) is 4.74 Å². The molecule has 0 unspecified atom stereocenters. The van der Waals surface area contributed by atoms with Crippen molar-refractivity contribution in [2.75, 3.05) is 0 Å². The number of hydrogen-bond donors (Lipinski definition) is 0. The third-order valence-corrected chi connectivity index (χ3v) is 8.47. The number of rotatable bonds is 10. The maximum Gasteiger partial charge on any atom is 0.298 e. The van der Waals surface area contributed by atoms with E-state index in [-0.39, 0.29) is 5.78 Å². The largest absolute Gasteiger partial charge is 0.428 e. The lowest BCUT2D eigenvalue weighted by Crippen LogP contribution is -2.13. The van der Waals surface area contributed by atoms with Gasteiger partial charge >= 0.3 is 0 Å². The van der Waals surface area contributed by atoms with E-state index in [1.165, 1.54) is 68.1 Å². The summed E-state index contributed by atoms with van der Waals surface area (Å²) >= 11 is 0. The summed E-state index contributed by atoms with van der Waals surface area (Å²) in [6.45, 7) is 29.6. The molecule has 0 saturated heterocycles. The van der Waals surface area contributed by atoms with Crippen LogP contribution < -0.4 is 4.74 Å². The molecule has 1 aliphatic carbocycles. The van der Waals surface area contributed by atoms with Crippen LogP contribution in [0.2, 0.25) is 0 Å². The highest BCUT2D eigenvalue weighted by Crippen LogP contribution is 2.36. The van der Waals surface area contributed by atoms with E-state index in [0.717, 1.165) is 39.3 Å². The number of unbranched alkanes of at least 4 members (excludes halogenated alkanes) is 1. The number of ether oxygens (including phenoxy) is 1. The first-order chi connectivity index (χ1) is 25.5. The van der Waals surface area contributed by atoms with Gasteiger partial charge in [-0.3, -0.25) is 9.59 Å². The van der Waals surface area contributed by atoms with Gasteiger partial charge in [0.1, 0.15) is 5.75 Å². The Labute approximate surface area is 325 Å². The first kappa shape index (κ1) is 48.8. The van der Waals surface area contributed by atoms with Gasteiger partial charge in [-0.15, -0.1) is 0 Å². The monoisotopic (exact) mass is 721 g/mol. The van der Waals surface area contributed by atoms with Crippen molar-refractivity contribution in [2.24, 2.45) is 5.92 Å². The summed E-state index contributed by atoms with van der Waals surface area (Å²) in [5.41, 5.74) is 9.43. The number of ketones is 1. The van der Waals surface area contributed by atoms with Gasteiger partial charge in [0.2, 0.25) is 0 Å². The Hall–Kier alpha value is -4.24. The lowest BCUT2D eigenvalue weighted by atomic mass is 9.81. The SMILES string of the molecule is C=Cc1cc(-c2ccc(C(C)C)cc2C)c(OC=O)cc1C.CC.CCC.CCC.CCCC.O=C(c1ccccc1)c1ccc(CC2CCC2)cc1. The second kappa shape index (κ2) is 29.2. The van der Waals surface area contributed by atoms with Gasteiger partial charge in [0.05, 0.1) is 0 Å². The molecule has 3 heteroatoms. The van der Waals surface area contributed by atoms with Gasteiger partial charge in [0.25, 0.3) is 6.47 Å². The van der Waals surface area contributed by atoms with E-state index < -0.39 is 0 Å². The van der Waals surface area contributed by atoms with Gasteiger partial charge in [-0.1, -0.05) is 200 Å². The van der Waals surface area contributed by atoms with Crippen molar-refractivity contribution in [1.29, 1.82) is 0 Å². The summed E-state index contributed by atoms with van der Waals surface area (Å²) < 4.78 is 5.19. The minimum absolute atomic E-state index is 0.107. The molecule has 53 heavy (non-hydrogen) atoms. The molecule has 1 saturated carbocycles. The average Bonchev–Trinajstić information content (AvgIpc) is 3.15. The van der Waals surface area contributed by atoms with Crippen LogP contribution in [-0.4, -0.2) is 12.3 Å². The molecule has 4 aromatic carbocycles. The van der Waals surface area contributed by atoms with Crippen molar-refractivity contribution in [3.8, 4) is 16.9 Å². The summed E-state index contributed by atoms with van der Waals surface area (Å²) in [5, 5.41) is 0. The van der Waals surface area contributed by atoms with E-state index in [1.807, 2.05) is 81.4 Å². The summed E-state index contributed by atoms with van der Waals surface area (Å²) in [7, 11) is 0. The molecule has 0 atom stereocenters. The molecule has 4 aromatic rings. The van der Waals surface area contributed by atoms with Crippen molar-refractivity contribution in [2.45, 2.75) is 140 Å². The van der Waals surface area contributed by atoms with Gasteiger partial charge in [-0.05, 0) is 77.6 Å². The molecule has 3 nitrogen and oxygen atoms in total. The zero-order chi connectivity index (χ0) is 40.2. The molecule has 0 aromatic heterocycles. The van der Waals surface area contributed by atoms with Gasteiger partial charge in [0.15, 0.2) is 5.78 Å². The summed E-state index contributed by atoms with van der Waals surface area (Å²) in [6, 6.07) is 27.9. The van der Waals surface area contributed by atoms with Crippen molar-refractivity contribution in [3.05, 3.63) is 130 Å². The third kappa shape index (κ3) is 17.9. The summed E-state index contributed by atoms with van der Waals surface area (Å²) in [6.07, 6.45) is 12.2. The fraction of sp³-hybridized carbons (Fsp3) is 0.440. The normalized spacial score (nSPS) is 11.1. The van der Waals surface area contributed by atoms with Crippen LogP contribution in [0.5, 0.6) is 5.75 Å². The quantitative estimate of drug-likeness (QED) is 0.121. The second-order valence-corrected chi connectivity index (χ2v) is 13.7. The first-order valence-electron chi connectivity index (χ1n) is 20.2. The number of carbonyl (C=O) groups is 2. The highest BCUT2D eigenvalue weighted by molar-refractivity contribution is 6.08.